The number of sulfone groups is 1. The van der Waals surface area contributed by atoms with Gasteiger partial charge >= 0.3 is 0 Å². The molecule has 1 saturated heterocycles. The Morgan fingerprint density at radius 1 is 1.38 bits per heavy atom. The summed E-state index contributed by atoms with van der Waals surface area (Å²) in [5, 5.41) is 10.1. The van der Waals surface area contributed by atoms with Gasteiger partial charge in [-0.3, -0.25) is 4.79 Å². The zero-order chi connectivity index (χ0) is 17.2. The first-order valence-electron chi connectivity index (χ1n) is 7.47. The van der Waals surface area contributed by atoms with E-state index in [2.05, 4.69) is 15.5 Å². The fraction of sp³-hybridized carbons (Fsp3) is 0.400. The summed E-state index contributed by atoms with van der Waals surface area (Å²) in [6, 6.07) is 6.55. The predicted molar refractivity (Wildman–Crippen MR) is 85.0 cm³/mol. The van der Waals surface area contributed by atoms with Gasteiger partial charge in [-0.1, -0.05) is 0 Å². The third-order valence-electron chi connectivity index (χ3n) is 3.72. The SMILES string of the molecule is C[C@@H](Oc1ccc(-c2nnco2)cc1)C(=O)N[C@H]1CCS(=O)(=O)C1. The molecule has 1 aromatic carbocycles. The molecule has 3 rings (SSSR count). The van der Waals surface area contributed by atoms with Gasteiger partial charge in [0.05, 0.1) is 11.5 Å². The highest BCUT2D eigenvalue weighted by molar-refractivity contribution is 7.91. The number of carbonyl (C=O) groups is 1. The minimum Gasteiger partial charge on any atom is -0.481 e. The Kier molecular flexibility index (Phi) is 4.52. The monoisotopic (exact) mass is 351 g/mol. The van der Waals surface area contributed by atoms with Crippen molar-refractivity contribution in [1.82, 2.24) is 15.5 Å². The summed E-state index contributed by atoms with van der Waals surface area (Å²) in [6.45, 7) is 1.62. The molecule has 0 aliphatic carbocycles. The maximum absolute atomic E-state index is 12.1. The summed E-state index contributed by atoms with van der Waals surface area (Å²) >= 11 is 0. The lowest BCUT2D eigenvalue weighted by molar-refractivity contribution is -0.127. The van der Waals surface area contributed by atoms with E-state index >= 15 is 0 Å². The summed E-state index contributed by atoms with van der Waals surface area (Å²) in [5.74, 6) is 0.682. The van der Waals surface area contributed by atoms with Crippen molar-refractivity contribution in [3.63, 3.8) is 0 Å². The van der Waals surface area contributed by atoms with Crippen molar-refractivity contribution in [3.8, 4) is 17.2 Å². The smallest absolute Gasteiger partial charge is 0.261 e. The molecule has 2 aromatic rings. The second kappa shape index (κ2) is 6.60. The number of aromatic nitrogens is 2. The van der Waals surface area contributed by atoms with Gasteiger partial charge in [0.1, 0.15) is 5.75 Å². The fourth-order valence-electron chi connectivity index (χ4n) is 2.46. The molecule has 24 heavy (non-hydrogen) atoms. The van der Waals surface area contributed by atoms with Crippen LogP contribution >= 0.6 is 0 Å². The average molecular weight is 351 g/mol. The summed E-state index contributed by atoms with van der Waals surface area (Å²) in [7, 11) is -3.03. The second-order valence-corrected chi connectivity index (χ2v) is 7.87. The first kappa shape index (κ1) is 16.4. The van der Waals surface area contributed by atoms with Crippen LogP contribution in [-0.2, 0) is 14.6 Å². The summed E-state index contributed by atoms with van der Waals surface area (Å²) in [6.07, 6.45) is 0.956. The second-order valence-electron chi connectivity index (χ2n) is 5.64. The summed E-state index contributed by atoms with van der Waals surface area (Å²) in [4.78, 5) is 12.1. The molecule has 1 aliphatic heterocycles. The van der Waals surface area contributed by atoms with Gasteiger partial charge in [-0.2, -0.15) is 0 Å². The van der Waals surface area contributed by atoms with Crippen LogP contribution in [0.25, 0.3) is 11.5 Å². The van der Waals surface area contributed by atoms with Crippen LogP contribution in [0.15, 0.2) is 35.1 Å². The summed E-state index contributed by atoms with van der Waals surface area (Å²) in [5.41, 5.74) is 0.744. The zero-order valence-electron chi connectivity index (χ0n) is 13.0. The van der Waals surface area contributed by atoms with Gasteiger partial charge in [-0.05, 0) is 37.6 Å². The van der Waals surface area contributed by atoms with Crippen LogP contribution in [0.4, 0.5) is 0 Å². The van der Waals surface area contributed by atoms with Gasteiger partial charge < -0.3 is 14.5 Å². The van der Waals surface area contributed by atoms with Crippen molar-refractivity contribution in [2.45, 2.75) is 25.5 Å². The first-order chi connectivity index (χ1) is 11.4. The van der Waals surface area contributed by atoms with Crippen LogP contribution in [0.2, 0.25) is 0 Å². The molecule has 1 fully saturated rings. The third-order valence-corrected chi connectivity index (χ3v) is 5.49. The molecule has 9 heteroatoms. The van der Waals surface area contributed by atoms with Gasteiger partial charge in [0.25, 0.3) is 5.91 Å². The number of hydrogen-bond donors (Lipinski definition) is 1. The van der Waals surface area contributed by atoms with Crippen LogP contribution in [0.5, 0.6) is 5.75 Å². The lowest BCUT2D eigenvalue weighted by Gasteiger charge is -2.17. The predicted octanol–water partition coefficient (Wildman–Crippen LogP) is 0.807. The van der Waals surface area contributed by atoms with Crippen LogP contribution in [0, 0.1) is 0 Å². The zero-order valence-corrected chi connectivity index (χ0v) is 13.8. The Morgan fingerprint density at radius 3 is 2.71 bits per heavy atom. The molecule has 0 bridgehead atoms. The number of amides is 1. The number of nitrogens with zero attached hydrogens (tertiary/aromatic N) is 2. The maximum atomic E-state index is 12.1. The molecule has 0 unspecified atom stereocenters. The van der Waals surface area contributed by atoms with Crippen LogP contribution in [0.1, 0.15) is 13.3 Å². The average Bonchev–Trinajstić information content (AvgIpc) is 3.18. The molecule has 1 aliphatic rings. The van der Waals surface area contributed by atoms with E-state index in [1.165, 1.54) is 6.39 Å². The number of hydrogen-bond acceptors (Lipinski definition) is 7. The quantitative estimate of drug-likeness (QED) is 0.848. The Balaban J connectivity index is 1.56. The summed E-state index contributed by atoms with van der Waals surface area (Å²) < 4.78 is 33.5. The molecule has 1 amide bonds. The lowest BCUT2D eigenvalue weighted by atomic mass is 10.2. The van der Waals surface area contributed by atoms with Crippen molar-refractivity contribution < 1.29 is 22.4 Å². The maximum Gasteiger partial charge on any atom is 0.261 e. The van der Waals surface area contributed by atoms with Gasteiger partial charge in [-0.15, -0.1) is 10.2 Å². The van der Waals surface area contributed by atoms with Crippen molar-refractivity contribution in [1.29, 1.82) is 0 Å². The van der Waals surface area contributed by atoms with E-state index in [4.69, 9.17) is 9.15 Å². The number of ether oxygens (including phenoxy) is 1. The molecule has 128 valence electrons. The molecule has 2 heterocycles. The molecule has 8 nitrogen and oxygen atoms in total. The van der Waals surface area contributed by atoms with E-state index in [9.17, 15) is 13.2 Å². The van der Waals surface area contributed by atoms with Crippen molar-refractivity contribution in [3.05, 3.63) is 30.7 Å². The van der Waals surface area contributed by atoms with Gasteiger partial charge in [-0.25, -0.2) is 8.42 Å². The molecular weight excluding hydrogens is 334 g/mol. The normalized spacial score (nSPS) is 20.5. The highest BCUT2D eigenvalue weighted by Crippen LogP contribution is 2.21. The van der Waals surface area contributed by atoms with Crippen molar-refractivity contribution in [2.75, 3.05) is 11.5 Å². The third kappa shape index (κ3) is 3.91. The Bertz CT molecular complexity index is 802. The van der Waals surface area contributed by atoms with E-state index in [0.717, 1.165) is 5.56 Å². The lowest BCUT2D eigenvalue weighted by Crippen LogP contribution is -2.43. The number of carbonyl (C=O) groups excluding carboxylic acids is 1. The van der Waals surface area contributed by atoms with E-state index in [0.29, 0.717) is 18.1 Å². The highest BCUT2D eigenvalue weighted by Gasteiger charge is 2.30. The van der Waals surface area contributed by atoms with Crippen LogP contribution in [-0.4, -0.2) is 48.2 Å². The topological polar surface area (TPSA) is 111 Å². The standard InChI is InChI=1S/C15H17N3O5S/c1-10(14(19)17-12-6-7-24(20,21)8-12)23-13-4-2-11(3-5-13)15-18-16-9-22-15/h2-5,9-10,12H,6-8H2,1H3,(H,17,19)/t10-,12+/m1/s1. The Morgan fingerprint density at radius 2 is 2.12 bits per heavy atom. The number of benzene rings is 1. The Labute approximate surface area is 139 Å². The fourth-order valence-corrected chi connectivity index (χ4v) is 4.13. The van der Waals surface area contributed by atoms with Crippen molar-refractivity contribution >= 4 is 15.7 Å². The molecule has 1 N–H and O–H groups in total. The van der Waals surface area contributed by atoms with Crippen LogP contribution in [0.3, 0.4) is 0 Å². The molecule has 0 radical (unpaired) electrons. The molecule has 0 saturated carbocycles. The number of rotatable bonds is 5. The van der Waals surface area contributed by atoms with E-state index in [-0.39, 0.29) is 23.5 Å². The van der Waals surface area contributed by atoms with E-state index in [1.54, 1.807) is 31.2 Å². The minimum absolute atomic E-state index is 0.00958. The van der Waals surface area contributed by atoms with E-state index in [1.807, 2.05) is 0 Å². The first-order valence-corrected chi connectivity index (χ1v) is 9.29. The van der Waals surface area contributed by atoms with Crippen molar-refractivity contribution in [2.24, 2.45) is 0 Å². The van der Waals surface area contributed by atoms with E-state index < -0.39 is 15.9 Å². The number of nitrogens with one attached hydrogen (secondary N) is 1. The minimum atomic E-state index is -3.03. The van der Waals surface area contributed by atoms with Gasteiger partial charge in [0, 0.05) is 11.6 Å². The van der Waals surface area contributed by atoms with Gasteiger partial charge in [0.2, 0.25) is 12.3 Å². The molecular formula is C15H17N3O5S. The Hall–Kier alpha value is -2.42. The largest absolute Gasteiger partial charge is 0.481 e. The highest BCUT2D eigenvalue weighted by atomic mass is 32.2. The van der Waals surface area contributed by atoms with Gasteiger partial charge in [0.15, 0.2) is 15.9 Å². The molecule has 2 atom stereocenters. The van der Waals surface area contributed by atoms with Crippen LogP contribution < -0.4 is 10.1 Å². The molecule has 0 spiro atoms. The molecule has 1 aromatic heterocycles.